The lowest BCUT2D eigenvalue weighted by Crippen LogP contribution is -2.30. The predicted octanol–water partition coefficient (Wildman–Crippen LogP) is 3.29. The van der Waals surface area contributed by atoms with Crippen molar-refractivity contribution in [1.82, 2.24) is 4.72 Å². The van der Waals surface area contributed by atoms with Gasteiger partial charge < -0.3 is 5.73 Å². The van der Waals surface area contributed by atoms with Gasteiger partial charge in [0.2, 0.25) is 10.0 Å². The highest BCUT2D eigenvalue weighted by atomic mass is 35.5. The average Bonchev–Trinajstić information content (AvgIpc) is 2.70. The van der Waals surface area contributed by atoms with Crippen LogP contribution in [0.15, 0.2) is 17.0 Å². The maximum Gasteiger partial charge on any atom is 0.243 e. The third-order valence-electron chi connectivity index (χ3n) is 3.86. The summed E-state index contributed by atoms with van der Waals surface area (Å²) in [6.45, 7) is 2.57. The molecule has 0 saturated heterocycles. The van der Waals surface area contributed by atoms with Gasteiger partial charge in [-0.05, 0) is 30.4 Å². The van der Waals surface area contributed by atoms with Crippen molar-refractivity contribution >= 4 is 38.9 Å². The van der Waals surface area contributed by atoms with Gasteiger partial charge in [-0.25, -0.2) is 13.1 Å². The van der Waals surface area contributed by atoms with Gasteiger partial charge in [0.1, 0.15) is 4.90 Å². The minimum absolute atomic E-state index is 0.0435. The smallest absolute Gasteiger partial charge is 0.243 e. The van der Waals surface area contributed by atoms with Crippen molar-refractivity contribution in [2.45, 2.75) is 31.1 Å². The minimum Gasteiger partial charge on any atom is -0.399 e. The fourth-order valence-electron chi connectivity index (χ4n) is 2.65. The van der Waals surface area contributed by atoms with Crippen LogP contribution in [-0.4, -0.2) is 15.0 Å². The van der Waals surface area contributed by atoms with E-state index in [9.17, 15) is 8.42 Å². The number of nitrogen functional groups attached to an aromatic ring is 1. The second kappa shape index (κ2) is 6.10. The normalized spacial score (nSPS) is 23.1. The molecule has 1 aliphatic rings. The zero-order valence-electron chi connectivity index (χ0n) is 11.2. The molecule has 2 atom stereocenters. The van der Waals surface area contributed by atoms with E-state index in [-0.39, 0.29) is 14.9 Å². The second-order valence-electron chi connectivity index (χ2n) is 5.33. The summed E-state index contributed by atoms with van der Waals surface area (Å²) >= 11 is 11.9. The molecule has 1 saturated carbocycles. The van der Waals surface area contributed by atoms with Crippen LogP contribution >= 0.6 is 23.2 Å². The topological polar surface area (TPSA) is 72.2 Å². The van der Waals surface area contributed by atoms with Crippen molar-refractivity contribution in [2.24, 2.45) is 11.8 Å². The number of hydrogen-bond acceptors (Lipinski definition) is 3. The number of hydrogen-bond donors (Lipinski definition) is 2. The summed E-state index contributed by atoms with van der Waals surface area (Å²) in [6, 6.07) is 2.78. The highest BCUT2D eigenvalue weighted by Crippen LogP contribution is 2.33. The fraction of sp³-hybridized carbons (Fsp3) is 0.538. The summed E-state index contributed by atoms with van der Waals surface area (Å²) < 4.78 is 27.3. The largest absolute Gasteiger partial charge is 0.399 e. The Hall–Kier alpha value is -0.490. The number of nitrogens with two attached hydrogens (primary N) is 1. The van der Waals surface area contributed by atoms with Crippen molar-refractivity contribution in [3.8, 4) is 0 Å². The van der Waals surface area contributed by atoms with Crippen molar-refractivity contribution in [1.29, 1.82) is 0 Å². The highest BCUT2D eigenvalue weighted by molar-refractivity contribution is 7.89. The molecule has 4 nitrogen and oxygen atoms in total. The Kier molecular flexibility index (Phi) is 4.84. The van der Waals surface area contributed by atoms with Crippen LogP contribution in [0.2, 0.25) is 10.0 Å². The van der Waals surface area contributed by atoms with Crippen LogP contribution in [0.5, 0.6) is 0 Å². The van der Waals surface area contributed by atoms with E-state index in [4.69, 9.17) is 28.9 Å². The van der Waals surface area contributed by atoms with Gasteiger partial charge in [0.25, 0.3) is 0 Å². The Balaban J connectivity index is 2.18. The molecule has 0 amide bonds. The fourth-order valence-corrected chi connectivity index (χ4v) is 4.97. The monoisotopic (exact) mass is 336 g/mol. The first-order valence-corrected chi connectivity index (χ1v) is 8.79. The van der Waals surface area contributed by atoms with Gasteiger partial charge in [-0.15, -0.1) is 0 Å². The zero-order valence-corrected chi connectivity index (χ0v) is 13.5. The summed E-state index contributed by atoms with van der Waals surface area (Å²) in [5.41, 5.74) is 5.92. The maximum atomic E-state index is 12.3. The van der Waals surface area contributed by atoms with Gasteiger partial charge in [0, 0.05) is 12.2 Å². The molecule has 1 aromatic carbocycles. The number of benzene rings is 1. The van der Waals surface area contributed by atoms with Crippen LogP contribution < -0.4 is 10.5 Å². The standard InChI is InChI=1S/C13H18Cl2N2O2S/c1-8-3-2-4-9(8)7-17-20(18,19)13-11(14)5-10(16)6-12(13)15/h5-6,8-9,17H,2-4,7,16H2,1H3. The van der Waals surface area contributed by atoms with E-state index < -0.39 is 10.0 Å². The van der Waals surface area contributed by atoms with E-state index >= 15 is 0 Å². The number of nitrogens with one attached hydrogen (secondary N) is 1. The lowest BCUT2D eigenvalue weighted by Gasteiger charge is -2.17. The van der Waals surface area contributed by atoms with E-state index in [1.165, 1.54) is 12.1 Å². The van der Waals surface area contributed by atoms with Crippen LogP contribution in [0.25, 0.3) is 0 Å². The Bertz CT molecular complexity index is 581. The predicted molar refractivity (Wildman–Crippen MR) is 82.6 cm³/mol. The summed E-state index contributed by atoms with van der Waals surface area (Å²) in [5, 5.41) is 0.0870. The molecule has 0 aliphatic heterocycles. The highest BCUT2D eigenvalue weighted by Gasteiger charge is 2.27. The first-order valence-electron chi connectivity index (χ1n) is 6.55. The molecule has 0 radical (unpaired) electrons. The molecule has 0 bridgehead atoms. The zero-order chi connectivity index (χ0) is 14.9. The molecule has 0 aromatic heterocycles. The lowest BCUT2D eigenvalue weighted by molar-refractivity contribution is 0.414. The van der Waals surface area contributed by atoms with Crippen LogP contribution in [-0.2, 0) is 10.0 Å². The average molecular weight is 337 g/mol. The third-order valence-corrected chi connectivity index (χ3v) is 6.21. The molecule has 1 aliphatic carbocycles. The van der Waals surface area contributed by atoms with Crippen molar-refractivity contribution in [2.75, 3.05) is 12.3 Å². The molecule has 0 spiro atoms. The van der Waals surface area contributed by atoms with Crippen LogP contribution in [0.4, 0.5) is 5.69 Å². The molecule has 0 heterocycles. The Morgan fingerprint density at radius 1 is 1.30 bits per heavy atom. The molecule has 112 valence electrons. The number of halogens is 2. The first kappa shape index (κ1) is 15.9. The van der Waals surface area contributed by atoms with Gasteiger partial charge in [-0.1, -0.05) is 43.0 Å². The molecular weight excluding hydrogens is 319 g/mol. The minimum atomic E-state index is -3.72. The van der Waals surface area contributed by atoms with Crippen molar-refractivity contribution in [3.05, 3.63) is 22.2 Å². The molecule has 2 rings (SSSR count). The van der Waals surface area contributed by atoms with Crippen LogP contribution in [0.3, 0.4) is 0 Å². The molecule has 1 aromatic rings. The van der Waals surface area contributed by atoms with Gasteiger partial charge in [0.05, 0.1) is 10.0 Å². The summed E-state index contributed by atoms with van der Waals surface area (Å²) in [5.74, 6) is 0.908. The van der Waals surface area contributed by atoms with Gasteiger partial charge in [-0.3, -0.25) is 0 Å². The van der Waals surface area contributed by atoms with E-state index in [0.29, 0.717) is 24.1 Å². The molecule has 2 unspecified atom stereocenters. The summed E-state index contributed by atoms with van der Waals surface area (Å²) in [4.78, 5) is -0.0966. The van der Waals surface area contributed by atoms with Crippen LogP contribution in [0, 0.1) is 11.8 Å². The number of sulfonamides is 1. The van der Waals surface area contributed by atoms with Crippen molar-refractivity contribution < 1.29 is 8.42 Å². The number of anilines is 1. The van der Waals surface area contributed by atoms with E-state index in [0.717, 1.165) is 19.3 Å². The van der Waals surface area contributed by atoms with E-state index in [2.05, 4.69) is 11.6 Å². The molecular formula is C13H18Cl2N2O2S. The quantitative estimate of drug-likeness (QED) is 0.828. The Morgan fingerprint density at radius 2 is 1.90 bits per heavy atom. The van der Waals surface area contributed by atoms with E-state index in [1.54, 1.807) is 0 Å². The Labute approximate surface area is 129 Å². The van der Waals surface area contributed by atoms with Crippen molar-refractivity contribution in [3.63, 3.8) is 0 Å². The Morgan fingerprint density at radius 3 is 2.40 bits per heavy atom. The molecule has 7 heteroatoms. The summed E-state index contributed by atoms with van der Waals surface area (Å²) in [6.07, 6.45) is 3.35. The van der Waals surface area contributed by atoms with Gasteiger partial charge in [-0.2, -0.15) is 0 Å². The van der Waals surface area contributed by atoms with Gasteiger partial charge >= 0.3 is 0 Å². The molecule has 1 fully saturated rings. The molecule has 20 heavy (non-hydrogen) atoms. The van der Waals surface area contributed by atoms with E-state index in [1.807, 2.05) is 0 Å². The first-order chi connectivity index (χ1) is 9.31. The molecule has 3 N–H and O–H groups in total. The van der Waals surface area contributed by atoms with Crippen LogP contribution in [0.1, 0.15) is 26.2 Å². The second-order valence-corrected chi connectivity index (χ2v) is 7.85. The van der Waals surface area contributed by atoms with Gasteiger partial charge in [0.15, 0.2) is 0 Å². The number of rotatable bonds is 4. The summed E-state index contributed by atoms with van der Waals surface area (Å²) in [7, 11) is -3.72. The SMILES string of the molecule is CC1CCCC1CNS(=O)(=O)c1c(Cl)cc(N)cc1Cl. The maximum absolute atomic E-state index is 12.3. The lowest BCUT2D eigenvalue weighted by atomic mass is 9.99. The third kappa shape index (κ3) is 3.39.